The molecule has 0 amide bonds. The van der Waals surface area contributed by atoms with E-state index in [-0.39, 0.29) is 7.12 Å². The highest BCUT2D eigenvalue weighted by Crippen LogP contribution is 2.37. The highest BCUT2D eigenvalue weighted by Gasteiger charge is 2.23. The highest BCUT2D eigenvalue weighted by molar-refractivity contribution is 6.45. The molecule has 0 aromatic heterocycles. The Morgan fingerprint density at radius 2 is 1.50 bits per heavy atom. The number of hydrogen-bond donors (Lipinski definition) is 0. The van der Waals surface area contributed by atoms with Crippen LogP contribution in [0.25, 0.3) is 10.8 Å². The molecule has 68 valence electrons. The molecule has 0 fully saturated rings. The average molecular weight is 184 g/mol. The quantitative estimate of drug-likeness (QED) is 0.586. The Hall–Kier alpha value is -1.64. The largest absolute Gasteiger partial charge is 0.591 e. The molecule has 1 aliphatic rings. The first-order valence-corrected chi connectivity index (χ1v) is 4.70. The Morgan fingerprint density at radius 3 is 2.07 bits per heavy atom. The Labute approximate surface area is 82.6 Å². The van der Waals surface area contributed by atoms with Gasteiger partial charge in [-0.2, -0.15) is 0 Å². The third kappa shape index (κ3) is 0.986. The third-order valence-corrected chi connectivity index (χ3v) is 2.41. The first-order valence-electron chi connectivity index (χ1n) is 4.70. The first kappa shape index (κ1) is 7.74. The van der Waals surface area contributed by atoms with Crippen LogP contribution in [0.1, 0.15) is 0 Å². The predicted molar refractivity (Wildman–Crippen MR) is 56.8 cm³/mol. The second-order valence-corrected chi connectivity index (χ2v) is 3.41. The van der Waals surface area contributed by atoms with Crippen molar-refractivity contribution >= 4 is 17.9 Å². The molecule has 0 saturated heterocycles. The topological polar surface area (TPSA) is 18.5 Å². The lowest BCUT2D eigenvalue weighted by molar-refractivity contribution is 0.420. The van der Waals surface area contributed by atoms with Gasteiger partial charge in [-0.1, -0.05) is 24.3 Å². The van der Waals surface area contributed by atoms with Crippen LogP contribution in [0, 0.1) is 0 Å². The van der Waals surface area contributed by atoms with Gasteiger partial charge in [-0.25, -0.2) is 0 Å². The molecule has 0 N–H and O–H groups in total. The minimum absolute atomic E-state index is 0.199. The molecule has 0 bridgehead atoms. The molecule has 0 spiro atoms. The second kappa shape index (κ2) is 2.67. The van der Waals surface area contributed by atoms with Crippen LogP contribution >= 0.6 is 0 Å². The minimum atomic E-state index is -0.199. The summed E-state index contributed by atoms with van der Waals surface area (Å²) in [5.74, 6) is 1.83. The fraction of sp³-hybridized carbons (Fsp3) is 0.0909. The molecule has 1 aliphatic heterocycles. The zero-order valence-electron chi connectivity index (χ0n) is 7.86. The van der Waals surface area contributed by atoms with Crippen molar-refractivity contribution in [1.29, 1.82) is 0 Å². The van der Waals surface area contributed by atoms with Gasteiger partial charge in [0.05, 0.1) is 5.39 Å². The molecule has 2 nitrogen and oxygen atoms in total. The van der Waals surface area contributed by atoms with Crippen molar-refractivity contribution in [3.05, 3.63) is 36.4 Å². The number of benzene rings is 2. The van der Waals surface area contributed by atoms with Crippen LogP contribution < -0.4 is 9.31 Å². The summed E-state index contributed by atoms with van der Waals surface area (Å²) in [5.41, 5.74) is 0. The molecule has 3 rings (SSSR count). The summed E-state index contributed by atoms with van der Waals surface area (Å²) >= 11 is 0. The molecule has 0 aliphatic carbocycles. The maximum absolute atomic E-state index is 5.58. The Morgan fingerprint density at radius 1 is 0.929 bits per heavy atom. The van der Waals surface area contributed by atoms with E-state index in [1.165, 1.54) is 0 Å². The van der Waals surface area contributed by atoms with Gasteiger partial charge in [0, 0.05) is 0 Å². The van der Waals surface area contributed by atoms with E-state index in [4.69, 9.17) is 9.31 Å². The fourth-order valence-electron chi connectivity index (χ4n) is 1.85. The van der Waals surface area contributed by atoms with Crippen LogP contribution in [-0.2, 0) is 0 Å². The number of hydrogen-bond acceptors (Lipinski definition) is 2. The highest BCUT2D eigenvalue weighted by atomic mass is 16.6. The summed E-state index contributed by atoms with van der Waals surface area (Å²) in [5, 5.41) is 2.24. The van der Waals surface area contributed by atoms with Crippen LogP contribution in [0.15, 0.2) is 36.4 Å². The van der Waals surface area contributed by atoms with E-state index >= 15 is 0 Å². The standard InChI is InChI=1S/C11H9BO2/c1-12-13-9-6-2-4-8-5-3-7-10(14-12)11(8)9/h2-7H,1H3. The van der Waals surface area contributed by atoms with Gasteiger partial charge in [-0.3, -0.25) is 0 Å². The van der Waals surface area contributed by atoms with Crippen LogP contribution in [0.5, 0.6) is 11.5 Å². The monoisotopic (exact) mass is 184 g/mol. The van der Waals surface area contributed by atoms with Crippen molar-refractivity contribution in [3.63, 3.8) is 0 Å². The van der Waals surface area contributed by atoms with Gasteiger partial charge < -0.3 is 9.31 Å². The molecule has 0 atom stereocenters. The summed E-state index contributed by atoms with van der Waals surface area (Å²) in [6.07, 6.45) is 0. The molecule has 0 radical (unpaired) electrons. The van der Waals surface area contributed by atoms with Crippen LogP contribution in [0.4, 0.5) is 0 Å². The smallest absolute Gasteiger partial charge is 0.525 e. The van der Waals surface area contributed by atoms with E-state index in [0.29, 0.717) is 0 Å². The lowest BCUT2D eigenvalue weighted by atomic mass is 9.92. The summed E-state index contributed by atoms with van der Waals surface area (Å²) < 4.78 is 11.2. The lowest BCUT2D eigenvalue weighted by Gasteiger charge is -2.22. The zero-order chi connectivity index (χ0) is 9.54. The molecule has 0 unspecified atom stereocenters. The second-order valence-electron chi connectivity index (χ2n) is 3.41. The van der Waals surface area contributed by atoms with Gasteiger partial charge in [-0.05, 0) is 24.3 Å². The maximum atomic E-state index is 5.58. The molecular weight excluding hydrogens is 175 g/mol. The van der Waals surface area contributed by atoms with E-state index in [2.05, 4.69) is 12.1 Å². The Bertz CT molecular complexity index is 455. The molecule has 14 heavy (non-hydrogen) atoms. The van der Waals surface area contributed by atoms with E-state index in [1.54, 1.807) is 0 Å². The Balaban J connectivity index is 2.40. The normalized spacial score (nSPS) is 13.6. The van der Waals surface area contributed by atoms with Crippen LogP contribution in [-0.4, -0.2) is 7.12 Å². The number of rotatable bonds is 0. The van der Waals surface area contributed by atoms with E-state index in [0.717, 1.165) is 22.3 Å². The van der Waals surface area contributed by atoms with Crippen molar-refractivity contribution in [1.82, 2.24) is 0 Å². The third-order valence-electron chi connectivity index (χ3n) is 2.41. The maximum Gasteiger partial charge on any atom is 0.591 e. The molecule has 2 aromatic carbocycles. The van der Waals surface area contributed by atoms with Crippen LogP contribution in [0.3, 0.4) is 0 Å². The van der Waals surface area contributed by atoms with E-state index in [1.807, 2.05) is 31.1 Å². The van der Waals surface area contributed by atoms with Crippen molar-refractivity contribution < 1.29 is 9.31 Å². The Kier molecular flexibility index (Phi) is 1.48. The van der Waals surface area contributed by atoms with Crippen molar-refractivity contribution in [2.75, 3.05) is 0 Å². The van der Waals surface area contributed by atoms with Crippen molar-refractivity contribution in [2.45, 2.75) is 6.82 Å². The summed E-state index contributed by atoms with van der Waals surface area (Å²) in [6.45, 7) is 1.90. The fourth-order valence-corrected chi connectivity index (χ4v) is 1.85. The SMILES string of the molecule is CB1Oc2cccc3cccc(c23)O1. The molecule has 2 aromatic rings. The van der Waals surface area contributed by atoms with Crippen LogP contribution in [0.2, 0.25) is 6.82 Å². The zero-order valence-corrected chi connectivity index (χ0v) is 7.86. The van der Waals surface area contributed by atoms with Gasteiger partial charge >= 0.3 is 7.12 Å². The first-order chi connectivity index (χ1) is 6.84. The summed E-state index contributed by atoms with van der Waals surface area (Å²) in [6, 6.07) is 12.1. The summed E-state index contributed by atoms with van der Waals surface area (Å²) in [7, 11) is -0.199. The van der Waals surface area contributed by atoms with Gasteiger partial charge in [0.2, 0.25) is 0 Å². The molecule has 3 heteroatoms. The van der Waals surface area contributed by atoms with Crippen molar-refractivity contribution in [3.8, 4) is 11.5 Å². The van der Waals surface area contributed by atoms with Gasteiger partial charge in [-0.15, -0.1) is 0 Å². The minimum Gasteiger partial charge on any atom is -0.525 e. The summed E-state index contributed by atoms with van der Waals surface area (Å²) in [4.78, 5) is 0. The molecule has 0 saturated carbocycles. The van der Waals surface area contributed by atoms with Gasteiger partial charge in [0.25, 0.3) is 0 Å². The molecule has 1 heterocycles. The van der Waals surface area contributed by atoms with E-state index < -0.39 is 0 Å². The van der Waals surface area contributed by atoms with E-state index in [9.17, 15) is 0 Å². The predicted octanol–water partition coefficient (Wildman–Crippen LogP) is 2.73. The lowest BCUT2D eigenvalue weighted by Crippen LogP contribution is -2.28. The average Bonchev–Trinajstić information content (AvgIpc) is 2.18. The van der Waals surface area contributed by atoms with Crippen molar-refractivity contribution in [2.24, 2.45) is 0 Å². The van der Waals surface area contributed by atoms with Gasteiger partial charge in [0.1, 0.15) is 11.5 Å². The molecular formula is C11H9BO2. The van der Waals surface area contributed by atoms with Gasteiger partial charge in [0.15, 0.2) is 0 Å².